The van der Waals surface area contributed by atoms with E-state index in [-0.39, 0.29) is 17.1 Å². The number of anilines is 1. The van der Waals surface area contributed by atoms with Crippen molar-refractivity contribution in [3.63, 3.8) is 0 Å². The summed E-state index contributed by atoms with van der Waals surface area (Å²) in [6.07, 6.45) is 1.57. The fraction of sp³-hybridized carbons (Fsp3) is 0.500. The van der Waals surface area contributed by atoms with Crippen molar-refractivity contribution in [1.82, 2.24) is 10.3 Å². The van der Waals surface area contributed by atoms with Gasteiger partial charge in [0.25, 0.3) is 0 Å². The minimum absolute atomic E-state index is 0.0860. The molecule has 1 aliphatic rings. The number of nitrogens with zero attached hydrogens (tertiary/aromatic N) is 1. The maximum absolute atomic E-state index is 12.9. The molecule has 1 amide bonds. The van der Waals surface area contributed by atoms with E-state index in [1.54, 1.807) is 6.07 Å². The largest absolute Gasteiger partial charge is 0.317 e. The van der Waals surface area contributed by atoms with Gasteiger partial charge in [0.2, 0.25) is 11.9 Å². The summed E-state index contributed by atoms with van der Waals surface area (Å²) in [7, 11) is 0. The number of halogens is 1. The van der Waals surface area contributed by atoms with E-state index in [9.17, 15) is 9.18 Å². The highest BCUT2D eigenvalue weighted by Crippen LogP contribution is 2.29. The van der Waals surface area contributed by atoms with Gasteiger partial charge in [0.15, 0.2) is 0 Å². The lowest BCUT2D eigenvalue weighted by Gasteiger charge is -2.32. The molecular weight excluding hydrogens is 221 g/mol. The van der Waals surface area contributed by atoms with Gasteiger partial charge >= 0.3 is 0 Å². The molecule has 4 nitrogen and oxygen atoms in total. The smallest absolute Gasteiger partial charge is 0.231 e. The van der Waals surface area contributed by atoms with Crippen molar-refractivity contribution >= 4 is 11.7 Å². The fourth-order valence-corrected chi connectivity index (χ4v) is 1.95. The number of aromatic nitrogens is 1. The summed E-state index contributed by atoms with van der Waals surface area (Å²) in [5, 5.41) is 5.89. The standard InChI is InChI=1S/C12H16FN3O/c1-12(5-7-14-8-6-12)11(17)16-10-4-2-3-9(13)15-10/h2-4,14H,5-8H2,1H3,(H,15,16,17). The van der Waals surface area contributed by atoms with Crippen LogP contribution in [0.3, 0.4) is 0 Å². The van der Waals surface area contributed by atoms with Crippen LogP contribution in [0.5, 0.6) is 0 Å². The van der Waals surface area contributed by atoms with Crippen LogP contribution in [-0.4, -0.2) is 24.0 Å². The number of amides is 1. The maximum Gasteiger partial charge on any atom is 0.231 e. The second-order valence-electron chi connectivity index (χ2n) is 4.61. The molecule has 0 aliphatic carbocycles. The molecule has 1 saturated heterocycles. The number of hydrogen-bond acceptors (Lipinski definition) is 3. The summed E-state index contributed by atoms with van der Waals surface area (Å²) in [6.45, 7) is 3.60. The molecule has 1 aromatic rings. The molecule has 1 aromatic heterocycles. The van der Waals surface area contributed by atoms with E-state index in [4.69, 9.17) is 0 Å². The van der Waals surface area contributed by atoms with Crippen molar-refractivity contribution in [3.05, 3.63) is 24.1 Å². The van der Waals surface area contributed by atoms with Gasteiger partial charge in [0.05, 0.1) is 0 Å². The molecule has 1 aliphatic heterocycles. The number of rotatable bonds is 2. The SMILES string of the molecule is CC1(C(=O)Nc2cccc(F)n2)CCNCC1. The molecule has 2 rings (SSSR count). The van der Waals surface area contributed by atoms with E-state index in [1.165, 1.54) is 12.1 Å². The minimum Gasteiger partial charge on any atom is -0.317 e. The van der Waals surface area contributed by atoms with Crippen LogP contribution < -0.4 is 10.6 Å². The zero-order valence-electron chi connectivity index (χ0n) is 9.79. The highest BCUT2D eigenvalue weighted by Gasteiger charge is 2.34. The van der Waals surface area contributed by atoms with E-state index in [0.29, 0.717) is 0 Å². The highest BCUT2D eigenvalue weighted by molar-refractivity contribution is 5.94. The molecule has 2 N–H and O–H groups in total. The highest BCUT2D eigenvalue weighted by atomic mass is 19.1. The van der Waals surface area contributed by atoms with Gasteiger partial charge in [-0.15, -0.1) is 0 Å². The molecule has 5 heteroatoms. The van der Waals surface area contributed by atoms with Crippen LogP contribution in [0.15, 0.2) is 18.2 Å². The molecule has 0 radical (unpaired) electrons. The van der Waals surface area contributed by atoms with E-state index in [2.05, 4.69) is 15.6 Å². The monoisotopic (exact) mass is 237 g/mol. The van der Waals surface area contributed by atoms with Gasteiger partial charge in [-0.05, 0) is 38.1 Å². The van der Waals surface area contributed by atoms with Crippen molar-refractivity contribution in [3.8, 4) is 0 Å². The number of piperidine rings is 1. The number of hydrogen-bond donors (Lipinski definition) is 2. The van der Waals surface area contributed by atoms with Crippen molar-refractivity contribution in [2.45, 2.75) is 19.8 Å². The summed E-state index contributed by atoms with van der Waals surface area (Å²) < 4.78 is 12.9. The van der Waals surface area contributed by atoms with Crippen LogP contribution in [0.25, 0.3) is 0 Å². The van der Waals surface area contributed by atoms with Gasteiger partial charge in [0, 0.05) is 5.41 Å². The maximum atomic E-state index is 12.9. The van der Waals surface area contributed by atoms with Gasteiger partial charge in [0.1, 0.15) is 5.82 Å². The van der Waals surface area contributed by atoms with Crippen LogP contribution in [0, 0.1) is 11.4 Å². The third-order valence-corrected chi connectivity index (χ3v) is 3.21. The van der Waals surface area contributed by atoms with Crippen LogP contribution in [0.2, 0.25) is 0 Å². The minimum atomic E-state index is -0.585. The second kappa shape index (κ2) is 4.79. The average Bonchev–Trinajstić information content (AvgIpc) is 2.30. The number of carbonyl (C=O) groups excluding carboxylic acids is 1. The van der Waals surface area contributed by atoms with Gasteiger partial charge in [-0.25, -0.2) is 4.98 Å². The summed E-state index contributed by atoms with van der Waals surface area (Å²) in [5.74, 6) is -0.398. The van der Waals surface area contributed by atoms with Crippen molar-refractivity contribution in [2.75, 3.05) is 18.4 Å². The molecule has 0 bridgehead atoms. The third-order valence-electron chi connectivity index (χ3n) is 3.21. The molecule has 0 unspecified atom stereocenters. The van der Waals surface area contributed by atoms with E-state index >= 15 is 0 Å². The zero-order chi connectivity index (χ0) is 12.3. The molecule has 0 aromatic carbocycles. The second-order valence-corrected chi connectivity index (χ2v) is 4.61. The molecule has 17 heavy (non-hydrogen) atoms. The van der Waals surface area contributed by atoms with Gasteiger partial charge in [-0.3, -0.25) is 4.79 Å². The lowest BCUT2D eigenvalue weighted by atomic mass is 9.80. The Hall–Kier alpha value is -1.49. The molecule has 2 heterocycles. The van der Waals surface area contributed by atoms with Gasteiger partial charge in [-0.1, -0.05) is 13.0 Å². The van der Waals surface area contributed by atoms with E-state index < -0.39 is 5.95 Å². The Bertz CT molecular complexity index is 416. The van der Waals surface area contributed by atoms with Crippen LogP contribution in [0.1, 0.15) is 19.8 Å². The van der Waals surface area contributed by atoms with Crippen LogP contribution >= 0.6 is 0 Å². The predicted octanol–water partition coefficient (Wildman–Crippen LogP) is 1.55. The molecule has 92 valence electrons. The first-order chi connectivity index (χ1) is 8.10. The van der Waals surface area contributed by atoms with Crippen molar-refractivity contribution < 1.29 is 9.18 Å². The summed E-state index contributed by atoms with van der Waals surface area (Å²) in [6, 6.07) is 4.37. The zero-order valence-corrected chi connectivity index (χ0v) is 9.79. The first-order valence-electron chi connectivity index (χ1n) is 5.75. The average molecular weight is 237 g/mol. The lowest BCUT2D eigenvalue weighted by Crippen LogP contribution is -2.43. The van der Waals surface area contributed by atoms with Crippen molar-refractivity contribution in [1.29, 1.82) is 0 Å². The predicted molar refractivity (Wildman–Crippen MR) is 63.0 cm³/mol. The summed E-state index contributed by atoms with van der Waals surface area (Å²) in [4.78, 5) is 15.7. The first-order valence-corrected chi connectivity index (χ1v) is 5.75. The quantitative estimate of drug-likeness (QED) is 0.767. The van der Waals surface area contributed by atoms with Crippen LogP contribution in [-0.2, 0) is 4.79 Å². The number of pyridine rings is 1. The topological polar surface area (TPSA) is 54.0 Å². The normalized spacial score (nSPS) is 18.7. The Morgan fingerprint density at radius 2 is 2.18 bits per heavy atom. The van der Waals surface area contributed by atoms with Gasteiger partial charge < -0.3 is 10.6 Å². The number of carbonyl (C=O) groups is 1. The van der Waals surface area contributed by atoms with E-state index in [0.717, 1.165) is 25.9 Å². The first kappa shape index (κ1) is 12.0. The molecule has 1 fully saturated rings. The van der Waals surface area contributed by atoms with Crippen molar-refractivity contribution in [2.24, 2.45) is 5.41 Å². The molecule has 0 atom stereocenters. The summed E-state index contributed by atoms with van der Waals surface area (Å²) in [5.41, 5.74) is -0.390. The Morgan fingerprint density at radius 3 is 2.82 bits per heavy atom. The van der Waals surface area contributed by atoms with Gasteiger partial charge in [-0.2, -0.15) is 4.39 Å². The molecule has 0 saturated carbocycles. The Kier molecular flexibility index (Phi) is 3.38. The number of nitrogens with one attached hydrogen (secondary N) is 2. The Morgan fingerprint density at radius 1 is 1.47 bits per heavy atom. The Labute approximate surface area is 99.6 Å². The Balaban J connectivity index is 2.05. The fourth-order valence-electron chi connectivity index (χ4n) is 1.95. The summed E-state index contributed by atoms with van der Waals surface area (Å²) >= 11 is 0. The van der Waals surface area contributed by atoms with E-state index in [1.807, 2.05) is 6.92 Å². The molecular formula is C12H16FN3O. The third kappa shape index (κ3) is 2.79. The van der Waals surface area contributed by atoms with Crippen LogP contribution in [0.4, 0.5) is 10.2 Å². The molecule has 0 spiro atoms. The lowest BCUT2D eigenvalue weighted by molar-refractivity contribution is -0.126.